The van der Waals surface area contributed by atoms with E-state index < -0.39 is 15.8 Å². The molecular weight excluding hydrogens is 291 g/mol. The molecule has 0 radical (unpaired) electrons. The number of hydrogen-bond donors (Lipinski definition) is 1. The molecule has 2 aromatic carbocycles. The highest BCUT2D eigenvalue weighted by atomic mass is 32.2. The monoisotopic (exact) mass is 308 g/mol. The fourth-order valence-electron chi connectivity index (χ4n) is 1.96. The van der Waals surface area contributed by atoms with Crippen LogP contribution >= 0.6 is 0 Å². The van der Waals surface area contributed by atoms with Crippen molar-refractivity contribution >= 4 is 21.4 Å². The van der Waals surface area contributed by atoms with E-state index in [2.05, 4.69) is 0 Å². The molecule has 112 valence electrons. The number of benzene rings is 2. The number of sulfonamides is 1. The lowest BCUT2D eigenvalue weighted by Crippen LogP contribution is -2.26. The Morgan fingerprint density at radius 1 is 1.10 bits per heavy atom. The van der Waals surface area contributed by atoms with Gasteiger partial charge in [-0.25, -0.2) is 12.8 Å². The summed E-state index contributed by atoms with van der Waals surface area (Å²) in [7, 11) is -2.33. The van der Waals surface area contributed by atoms with Gasteiger partial charge < -0.3 is 5.73 Å². The second-order valence-electron chi connectivity index (χ2n) is 4.95. The molecule has 2 N–H and O–H groups in total. The predicted octanol–water partition coefficient (Wildman–Crippen LogP) is 2.85. The summed E-state index contributed by atoms with van der Waals surface area (Å²) in [4.78, 5) is -0.0259. The minimum Gasteiger partial charge on any atom is -0.396 e. The maximum atomic E-state index is 13.5. The van der Waals surface area contributed by atoms with Crippen molar-refractivity contribution in [2.45, 2.75) is 18.7 Å². The van der Waals surface area contributed by atoms with Gasteiger partial charge in [-0.05, 0) is 43.7 Å². The van der Waals surface area contributed by atoms with E-state index in [1.54, 1.807) is 12.1 Å². The van der Waals surface area contributed by atoms with Crippen LogP contribution in [0.1, 0.15) is 11.1 Å². The maximum absolute atomic E-state index is 13.5. The standard InChI is InChI=1S/C15H17FN2O2S/c1-10-4-6-12(7-5-10)18(3)21(19,20)13-8-11(2)15(16)14(17)9-13/h4-9H,17H2,1-3H3. The molecule has 0 fully saturated rings. The van der Waals surface area contributed by atoms with Gasteiger partial charge in [-0.1, -0.05) is 17.7 Å². The Morgan fingerprint density at radius 2 is 1.67 bits per heavy atom. The molecule has 0 unspecified atom stereocenters. The third-order valence-electron chi connectivity index (χ3n) is 3.31. The first-order valence-electron chi connectivity index (χ1n) is 6.34. The molecule has 0 aromatic heterocycles. The van der Waals surface area contributed by atoms with Crippen molar-refractivity contribution in [2.24, 2.45) is 0 Å². The van der Waals surface area contributed by atoms with Crippen LogP contribution in [-0.2, 0) is 10.0 Å². The van der Waals surface area contributed by atoms with Crippen LogP contribution in [0.25, 0.3) is 0 Å². The van der Waals surface area contributed by atoms with Crippen LogP contribution in [0, 0.1) is 19.7 Å². The van der Waals surface area contributed by atoms with Gasteiger partial charge in [0.1, 0.15) is 5.82 Å². The van der Waals surface area contributed by atoms with E-state index in [4.69, 9.17) is 5.73 Å². The number of nitrogen functional groups attached to an aromatic ring is 1. The van der Waals surface area contributed by atoms with Crippen LogP contribution in [0.2, 0.25) is 0 Å². The molecule has 2 aromatic rings. The first-order chi connectivity index (χ1) is 9.73. The van der Waals surface area contributed by atoms with Crippen molar-refractivity contribution in [1.82, 2.24) is 0 Å². The third kappa shape index (κ3) is 2.85. The van der Waals surface area contributed by atoms with E-state index in [0.717, 1.165) is 15.9 Å². The summed E-state index contributed by atoms with van der Waals surface area (Å²) in [6, 6.07) is 9.50. The normalized spacial score (nSPS) is 11.4. The summed E-state index contributed by atoms with van der Waals surface area (Å²) in [5.41, 5.74) is 7.11. The Bertz CT molecular complexity index is 748. The summed E-state index contributed by atoms with van der Waals surface area (Å²) in [6.45, 7) is 3.40. The zero-order valence-electron chi connectivity index (χ0n) is 12.1. The number of nitrogens with two attached hydrogens (primary N) is 1. The zero-order chi connectivity index (χ0) is 15.8. The topological polar surface area (TPSA) is 63.4 Å². The molecule has 0 saturated heterocycles. The summed E-state index contributed by atoms with van der Waals surface area (Å²) in [5, 5.41) is 0. The molecule has 0 aliphatic heterocycles. The molecule has 0 spiro atoms. The SMILES string of the molecule is Cc1ccc(N(C)S(=O)(=O)c2cc(C)c(F)c(N)c2)cc1. The molecule has 0 aliphatic carbocycles. The largest absolute Gasteiger partial charge is 0.396 e. The van der Waals surface area contributed by atoms with Crippen LogP contribution in [0.15, 0.2) is 41.3 Å². The first kappa shape index (κ1) is 15.3. The van der Waals surface area contributed by atoms with Crippen LogP contribution in [0.5, 0.6) is 0 Å². The lowest BCUT2D eigenvalue weighted by atomic mass is 10.2. The summed E-state index contributed by atoms with van der Waals surface area (Å²) >= 11 is 0. The van der Waals surface area contributed by atoms with E-state index in [-0.39, 0.29) is 16.1 Å². The Morgan fingerprint density at radius 3 is 2.19 bits per heavy atom. The van der Waals surface area contributed by atoms with Gasteiger partial charge in [0.25, 0.3) is 10.0 Å². The van der Waals surface area contributed by atoms with Gasteiger partial charge >= 0.3 is 0 Å². The summed E-state index contributed by atoms with van der Waals surface area (Å²) in [6.07, 6.45) is 0. The molecule has 0 amide bonds. The van der Waals surface area contributed by atoms with E-state index in [9.17, 15) is 12.8 Å². The fourth-order valence-corrected chi connectivity index (χ4v) is 3.28. The molecule has 4 nitrogen and oxygen atoms in total. The maximum Gasteiger partial charge on any atom is 0.264 e. The molecule has 0 bridgehead atoms. The quantitative estimate of drug-likeness (QED) is 0.887. The average molecular weight is 308 g/mol. The third-order valence-corrected chi connectivity index (χ3v) is 5.08. The zero-order valence-corrected chi connectivity index (χ0v) is 12.9. The van der Waals surface area contributed by atoms with E-state index in [1.807, 2.05) is 19.1 Å². The second-order valence-corrected chi connectivity index (χ2v) is 6.92. The average Bonchev–Trinajstić information content (AvgIpc) is 2.44. The molecule has 6 heteroatoms. The van der Waals surface area contributed by atoms with Gasteiger partial charge in [-0.2, -0.15) is 0 Å². The van der Waals surface area contributed by atoms with Gasteiger partial charge in [0.05, 0.1) is 16.3 Å². The highest BCUT2D eigenvalue weighted by molar-refractivity contribution is 7.92. The van der Waals surface area contributed by atoms with Crippen LogP contribution < -0.4 is 10.0 Å². The highest BCUT2D eigenvalue weighted by Gasteiger charge is 2.23. The van der Waals surface area contributed by atoms with Crippen molar-refractivity contribution < 1.29 is 12.8 Å². The lowest BCUT2D eigenvalue weighted by molar-refractivity contribution is 0.592. The second kappa shape index (κ2) is 5.37. The first-order valence-corrected chi connectivity index (χ1v) is 7.78. The van der Waals surface area contributed by atoms with Gasteiger partial charge in [-0.3, -0.25) is 4.31 Å². The molecule has 2 rings (SSSR count). The number of nitrogens with zero attached hydrogens (tertiary/aromatic N) is 1. The molecule has 0 aliphatic rings. The molecular formula is C15H17FN2O2S. The van der Waals surface area contributed by atoms with Crippen molar-refractivity contribution in [3.05, 3.63) is 53.3 Å². The smallest absolute Gasteiger partial charge is 0.264 e. The molecule has 0 heterocycles. The number of halogens is 1. The van der Waals surface area contributed by atoms with Gasteiger partial charge in [0, 0.05) is 7.05 Å². The van der Waals surface area contributed by atoms with E-state index >= 15 is 0 Å². The predicted molar refractivity (Wildman–Crippen MR) is 82.3 cm³/mol. The van der Waals surface area contributed by atoms with Gasteiger partial charge in [-0.15, -0.1) is 0 Å². The van der Waals surface area contributed by atoms with Crippen LogP contribution in [0.3, 0.4) is 0 Å². The number of rotatable bonds is 3. The van der Waals surface area contributed by atoms with Crippen molar-refractivity contribution in [1.29, 1.82) is 0 Å². The Kier molecular flexibility index (Phi) is 3.91. The minimum atomic E-state index is -3.78. The van der Waals surface area contributed by atoms with Gasteiger partial charge in [0.15, 0.2) is 0 Å². The Balaban J connectivity index is 2.49. The fraction of sp³-hybridized carbons (Fsp3) is 0.200. The Hall–Kier alpha value is -2.08. The highest BCUT2D eigenvalue weighted by Crippen LogP contribution is 2.26. The van der Waals surface area contributed by atoms with Crippen molar-refractivity contribution in [3.8, 4) is 0 Å². The molecule has 0 saturated carbocycles. The van der Waals surface area contributed by atoms with Crippen molar-refractivity contribution in [3.63, 3.8) is 0 Å². The number of hydrogen-bond acceptors (Lipinski definition) is 3. The molecule has 0 atom stereocenters. The minimum absolute atomic E-state index is 0.0259. The summed E-state index contributed by atoms with van der Waals surface area (Å²) in [5.74, 6) is -0.591. The van der Waals surface area contributed by atoms with E-state index in [0.29, 0.717) is 5.69 Å². The van der Waals surface area contributed by atoms with Crippen molar-refractivity contribution in [2.75, 3.05) is 17.1 Å². The number of anilines is 2. The van der Waals surface area contributed by atoms with Gasteiger partial charge in [0.2, 0.25) is 0 Å². The van der Waals surface area contributed by atoms with Crippen LogP contribution in [0.4, 0.5) is 15.8 Å². The summed E-state index contributed by atoms with van der Waals surface area (Å²) < 4.78 is 39.8. The van der Waals surface area contributed by atoms with Crippen LogP contribution in [-0.4, -0.2) is 15.5 Å². The lowest BCUT2D eigenvalue weighted by Gasteiger charge is -2.20. The number of aryl methyl sites for hydroxylation is 2. The van der Waals surface area contributed by atoms with E-state index in [1.165, 1.54) is 20.0 Å². The Labute approximate surface area is 124 Å². The molecule has 21 heavy (non-hydrogen) atoms.